The number of amidine groups is 1. The summed E-state index contributed by atoms with van der Waals surface area (Å²) in [5.74, 6) is -0.0271. The molecule has 2 aromatic carbocycles. The van der Waals surface area contributed by atoms with Gasteiger partial charge in [-0.1, -0.05) is 36.4 Å². The Labute approximate surface area is 145 Å². The van der Waals surface area contributed by atoms with Crippen molar-refractivity contribution in [3.63, 3.8) is 0 Å². The van der Waals surface area contributed by atoms with Crippen molar-refractivity contribution in [2.75, 3.05) is 5.32 Å². The predicted octanol–water partition coefficient (Wildman–Crippen LogP) is 3.25. The van der Waals surface area contributed by atoms with Crippen LogP contribution < -0.4 is 5.32 Å². The molecule has 25 heavy (non-hydrogen) atoms. The van der Waals surface area contributed by atoms with Gasteiger partial charge in [-0.25, -0.2) is 0 Å². The van der Waals surface area contributed by atoms with Crippen LogP contribution in [0.2, 0.25) is 0 Å². The van der Waals surface area contributed by atoms with Crippen molar-refractivity contribution in [1.82, 2.24) is 4.90 Å². The number of hydrogen-bond acceptors (Lipinski definition) is 3. The van der Waals surface area contributed by atoms with E-state index in [0.29, 0.717) is 11.5 Å². The lowest BCUT2D eigenvalue weighted by molar-refractivity contribution is -0.130. The molecule has 4 rings (SSSR count). The third-order valence-corrected chi connectivity index (χ3v) is 4.60. The highest BCUT2D eigenvalue weighted by atomic mass is 16.2. The van der Waals surface area contributed by atoms with Crippen LogP contribution in [0, 0.1) is 0 Å². The summed E-state index contributed by atoms with van der Waals surface area (Å²) in [6.07, 6.45) is 7.18. The number of hydrogen-bond donors (Lipinski definition) is 1. The second-order valence-electron chi connectivity index (χ2n) is 6.40. The van der Waals surface area contributed by atoms with Gasteiger partial charge in [0.15, 0.2) is 0 Å². The Balaban J connectivity index is 1.65. The zero-order valence-corrected chi connectivity index (χ0v) is 13.8. The smallest absolute Gasteiger partial charge is 0.250 e. The molecule has 0 radical (unpaired) electrons. The summed E-state index contributed by atoms with van der Waals surface area (Å²) < 4.78 is 0. The Morgan fingerprint density at radius 2 is 1.96 bits per heavy atom. The van der Waals surface area contributed by atoms with E-state index in [2.05, 4.69) is 10.3 Å². The van der Waals surface area contributed by atoms with Crippen molar-refractivity contribution in [3.8, 4) is 0 Å². The van der Waals surface area contributed by atoms with Gasteiger partial charge < -0.3 is 10.2 Å². The van der Waals surface area contributed by atoms with Gasteiger partial charge in [-0.15, -0.1) is 0 Å². The maximum Gasteiger partial charge on any atom is 0.250 e. The van der Waals surface area contributed by atoms with E-state index in [4.69, 9.17) is 0 Å². The van der Waals surface area contributed by atoms with Crippen LogP contribution in [-0.2, 0) is 9.59 Å². The van der Waals surface area contributed by atoms with Crippen LogP contribution >= 0.6 is 0 Å². The molecule has 2 amide bonds. The highest BCUT2D eigenvalue weighted by Crippen LogP contribution is 2.29. The zero-order valence-electron chi connectivity index (χ0n) is 13.8. The number of allylic oxidation sites excluding steroid dienone is 2. The van der Waals surface area contributed by atoms with Crippen molar-refractivity contribution in [1.29, 1.82) is 0 Å². The van der Waals surface area contributed by atoms with Gasteiger partial charge in [0.1, 0.15) is 11.4 Å². The zero-order chi connectivity index (χ0) is 17.4. The first kappa shape index (κ1) is 15.3. The molecule has 2 aliphatic heterocycles. The monoisotopic (exact) mass is 331 g/mol. The van der Waals surface area contributed by atoms with E-state index in [9.17, 15) is 9.59 Å². The highest BCUT2D eigenvalue weighted by molar-refractivity contribution is 6.12. The quantitative estimate of drug-likeness (QED) is 0.919. The number of nitrogens with one attached hydrogen (secondary N) is 1. The van der Waals surface area contributed by atoms with Gasteiger partial charge in [-0.05, 0) is 42.0 Å². The second kappa shape index (κ2) is 5.70. The molecule has 0 saturated heterocycles. The molecule has 5 heteroatoms. The Morgan fingerprint density at radius 3 is 2.80 bits per heavy atom. The lowest BCUT2D eigenvalue weighted by Gasteiger charge is -2.41. The van der Waals surface area contributed by atoms with Gasteiger partial charge in [0.25, 0.3) is 11.8 Å². The molecular weight excluding hydrogens is 314 g/mol. The molecule has 0 bridgehead atoms. The fourth-order valence-corrected chi connectivity index (χ4v) is 3.21. The number of carbonyl (C=O) groups is 2. The minimum absolute atomic E-state index is 0.0358. The summed E-state index contributed by atoms with van der Waals surface area (Å²) in [6.45, 7) is 1.76. The van der Waals surface area contributed by atoms with Crippen molar-refractivity contribution in [3.05, 3.63) is 66.9 Å². The molecular formula is C20H17N3O2. The fourth-order valence-electron chi connectivity index (χ4n) is 3.21. The van der Waals surface area contributed by atoms with Crippen LogP contribution in [0.25, 0.3) is 10.8 Å². The van der Waals surface area contributed by atoms with Gasteiger partial charge in [0.2, 0.25) is 0 Å². The largest absolute Gasteiger partial charge is 0.324 e. The first-order valence-electron chi connectivity index (χ1n) is 8.12. The Morgan fingerprint density at radius 1 is 1.16 bits per heavy atom. The standard InChI is InChI=1S/C20H17N3O2/c1-20(13-18(24)22-17-8-4-5-11-23(17)20)19(25)21-16-10-9-14-6-2-3-7-15(14)12-16/h2-12H,13H2,1H3,(H,21,25). The lowest BCUT2D eigenvalue weighted by Crippen LogP contribution is -2.58. The van der Waals surface area contributed by atoms with Gasteiger partial charge in [0, 0.05) is 11.9 Å². The number of anilines is 1. The van der Waals surface area contributed by atoms with Crippen LogP contribution in [0.4, 0.5) is 5.69 Å². The Kier molecular flexibility index (Phi) is 3.50. The van der Waals surface area contributed by atoms with Gasteiger partial charge in [0.05, 0.1) is 6.42 Å². The first-order valence-corrected chi connectivity index (χ1v) is 8.12. The van der Waals surface area contributed by atoms with Crippen LogP contribution in [0.15, 0.2) is 71.9 Å². The number of amides is 2. The van der Waals surface area contributed by atoms with Crippen molar-refractivity contribution < 1.29 is 9.59 Å². The van der Waals surface area contributed by atoms with Crippen LogP contribution in [0.3, 0.4) is 0 Å². The minimum atomic E-state index is -1.01. The van der Waals surface area contributed by atoms with E-state index >= 15 is 0 Å². The number of fused-ring (bicyclic) bond motifs is 2. The van der Waals surface area contributed by atoms with E-state index in [-0.39, 0.29) is 18.2 Å². The third-order valence-electron chi connectivity index (χ3n) is 4.60. The number of rotatable bonds is 2. The molecule has 5 nitrogen and oxygen atoms in total. The molecule has 1 atom stereocenters. The molecule has 1 unspecified atom stereocenters. The second-order valence-corrected chi connectivity index (χ2v) is 6.40. The average Bonchev–Trinajstić information content (AvgIpc) is 2.61. The van der Waals surface area contributed by atoms with Gasteiger partial charge >= 0.3 is 0 Å². The van der Waals surface area contributed by atoms with Crippen molar-refractivity contribution in [2.24, 2.45) is 4.99 Å². The molecule has 2 aromatic rings. The maximum absolute atomic E-state index is 13.0. The topological polar surface area (TPSA) is 61.8 Å². The molecule has 0 spiro atoms. The highest BCUT2D eigenvalue weighted by Gasteiger charge is 2.45. The summed E-state index contributed by atoms with van der Waals surface area (Å²) in [4.78, 5) is 30.8. The Bertz CT molecular complexity index is 974. The summed E-state index contributed by atoms with van der Waals surface area (Å²) in [6, 6.07) is 13.7. The molecule has 0 saturated carbocycles. The number of aliphatic imine (C=N–C) groups is 1. The lowest BCUT2D eigenvalue weighted by atomic mass is 9.91. The van der Waals surface area contributed by atoms with Crippen molar-refractivity contribution in [2.45, 2.75) is 18.9 Å². The SMILES string of the molecule is CC1(C(=O)Nc2ccc3ccccc3c2)CC(=O)N=C2C=CC=CN21. The number of nitrogens with zero attached hydrogens (tertiary/aromatic N) is 2. The average molecular weight is 331 g/mol. The van der Waals surface area contributed by atoms with E-state index in [1.165, 1.54) is 0 Å². The molecule has 2 heterocycles. The number of benzene rings is 2. The summed E-state index contributed by atoms with van der Waals surface area (Å²) in [5.41, 5.74) is -0.306. The fraction of sp³-hybridized carbons (Fsp3) is 0.150. The Hall–Kier alpha value is -3.21. The first-order chi connectivity index (χ1) is 12.1. The van der Waals surface area contributed by atoms with E-state index in [1.54, 1.807) is 30.2 Å². The molecule has 2 aliphatic rings. The molecule has 1 N–H and O–H groups in total. The van der Waals surface area contributed by atoms with Crippen LogP contribution in [0.5, 0.6) is 0 Å². The molecule has 0 aromatic heterocycles. The molecule has 124 valence electrons. The molecule has 0 aliphatic carbocycles. The molecule has 0 fully saturated rings. The minimum Gasteiger partial charge on any atom is -0.324 e. The van der Waals surface area contributed by atoms with Gasteiger partial charge in [-0.2, -0.15) is 4.99 Å². The van der Waals surface area contributed by atoms with E-state index < -0.39 is 5.54 Å². The third kappa shape index (κ3) is 2.63. The summed E-state index contributed by atoms with van der Waals surface area (Å²) >= 11 is 0. The van der Waals surface area contributed by atoms with E-state index in [1.807, 2.05) is 48.5 Å². The van der Waals surface area contributed by atoms with Crippen molar-refractivity contribution >= 4 is 34.1 Å². The maximum atomic E-state index is 13.0. The van der Waals surface area contributed by atoms with Gasteiger partial charge in [-0.3, -0.25) is 9.59 Å². The van der Waals surface area contributed by atoms with Crippen LogP contribution in [-0.4, -0.2) is 28.1 Å². The normalized spacial score (nSPS) is 21.9. The summed E-state index contributed by atoms with van der Waals surface area (Å²) in [5, 5.41) is 5.11. The van der Waals surface area contributed by atoms with Crippen LogP contribution in [0.1, 0.15) is 13.3 Å². The number of carbonyl (C=O) groups excluding carboxylic acids is 2. The predicted molar refractivity (Wildman–Crippen MR) is 98.2 cm³/mol. The van der Waals surface area contributed by atoms with E-state index in [0.717, 1.165) is 10.8 Å². The summed E-state index contributed by atoms with van der Waals surface area (Å²) in [7, 11) is 0.